The summed E-state index contributed by atoms with van der Waals surface area (Å²) in [4.78, 5) is 4.55. The Balaban J connectivity index is 1.69. The molecule has 0 unspecified atom stereocenters. The van der Waals surface area contributed by atoms with Gasteiger partial charge in [-0.1, -0.05) is 6.07 Å². The zero-order chi connectivity index (χ0) is 14.9. The molecule has 1 aliphatic carbocycles. The normalized spacial score (nSPS) is 14.2. The van der Waals surface area contributed by atoms with Crippen molar-refractivity contribution in [2.24, 2.45) is 5.92 Å². The van der Waals surface area contributed by atoms with Crippen molar-refractivity contribution in [3.8, 4) is 17.0 Å². The van der Waals surface area contributed by atoms with E-state index in [0.29, 0.717) is 5.95 Å². The molecule has 112 valence electrons. The zero-order valence-electron chi connectivity index (χ0n) is 12.5. The van der Waals surface area contributed by atoms with Crippen LogP contribution in [0.3, 0.4) is 0 Å². The first-order chi connectivity index (χ1) is 10.8. The topological polar surface area (TPSA) is 51.5 Å². The van der Waals surface area contributed by atoms with Gasteiger partial charge in [-0.05, 0) is 55.2 Å². The Kier molecular flexibility index (Phi) is 3.18. The molecule has 22 heavy (non-hydrogen) atoms. The summed E-state index contributed by atoms with van der Waals surface area (Å²) in [5, 5.41) is 7.92. The molecule has 1 aliphatic rings. The van der Waals surface area contributed by atoms with Gasteiger partial charge in [0, 0.05) is 12.1 Å². The molecule has 1 saturated carbocycles. The zero-order valence-corrected chi connectivity index (χ0v) is 12.5. The molecular formula is C17H18N4O. The van der Waals surface area contributed by atoms with Gasteiger partial charge in [-0.3, -0.25) is 0 Å². The van der Waals surface area contributed by atoms with Crippen molar-refractivity contribution < 1.29 is 4.74 Å². The van der Waals surface area contributed by atoms with Crippen LogP contribution in [0.15, 0.2) is 42.5 Å². The van der Waals surface area contributed by atoms with Crippen molar-refractivity contribution in [3.05, 3.63) is 42.5 Å². The first kappa shape index (κ1) is 13.1. The lowest BCUT2D eigenvalue weighted by atomic mass is 10.1. The Bertz CT molecular complexity index is 790. The second kappa shape index (κ2) is 5.33. The fourth-order valence-electron chi connectivity index (χ4n) is 2.52. The number of nitrogens with zero attached hydrogens (tertiary/aromatic N) is 3. The molecule has 0 spiro atoms. The number of fused-ring (bicyclic) bond motifs is 1. The number of aromatic nitrogens is 3. The van der Waals surface area contributed by atoms with Gasteiger partial charge in [-0.15, -0.1) is 5.10 Å². The maximum absolute atomic E-state index is 5.21. The van der Waals surface area contributed by atoms with Crippen LogP contribution in [0.25, 0.3) is 16.9 Å². The number of rotatable bonds is 5. The third-order valence-corrected chi connectivity index (χ3v) is 3.99. The first-order valence-electron chi connectivity index (χ1n) is 7.57. The first-order valence-corrected chi connectivity index (χ1v) is 7.57. The van der Waals surface area contributed by atoms with Crippen molar-refractivity contribution >= 4 is 11.6 Å². The van der Waals surface area contributed by atoms with E-state index in [4.69, 9.17) is 4.74 Å². The van der Waals surface area contributed by atoms with Crippen molar-refractivity contribution in [2.75, 3.05) is 19.0 Å². The third-order valence-electron chi connectivity index (χ3n) is 3.99. The van der Waals surface area contributed by atoms with Gasteiger partial charge in [0.1, 0.15) is 5.75 Å². The summed E-state index contributed by atoms with van der Waals surface area (Å²) < 4.78 is 7.10. The summed E-state index contributed by atoms with van der Waals surface area (Å²) in [5.74, 6) is 2.35. The van der Waals surface area contributed by atoms with Crippen LogP contribution in [0, 0.1) is 5.92 Å². The van der Waals surface area contributed by atoms with Crippen molar-refractivity contribution in [1.82, 2.24) is 14.6 Å². The van der Waals surface area contributed by atoms with E-state index in [1.807, 2.05) is 47.0 Å². The van der Waals surface area contributed by atoms with E-state index in [1.54, 1.807) is 7.11 Å². The van der Waals surface area contributed by atoms with Crippen molar-refractivity contribution in [1.29, 1.82) is 0 Å². The third kappa shape index (κ3) is 2.50. The number of pyridine rings is 1. The summed E-state index contributed by atoms with van der Waals surface area (Å²) in [6.45, 7) is 0.967. The van der Waals surface area contributed by atoms with E-state index in [-0.39, 0.29) is 0 Å². The molecule has 4 rings (SSSR count). The maximum Gasteiger partial charge on any atom is 0.243 e. The average Bonchev–Trinajstić information content (AvgIpc) is 3.30. The lowest BCUT2D eigenvalue weighted by Crippen LogP contribution is -2.04. The minimum absolute atomic E-state index is 0.702. The van der Waals surface area contributed by atoms with E-state index < -0.39 is 0 Å². The van der Waals surface area contributed by atoms with Gasteiger partial charge in [-0.25, -0.2) is 4.52 Å². The van der Waals surface area contributed by atoms with Crippen LogP contribution >= 0.6 is 0 Å². The van der Waals surface area contributed by atoms with Crippen LogP contribution < -0.4 is 10.1 Å². The smallest absolute Gasteiger partial charge is 0.243 e. The summed E-state index contributed by atoms with van der Waals surface area (Å²) in [7, 11) is 1.67. The molecule has 1 fully saturated rings. The highest BCUT2D eigenvalue weighted by Gasteiger charge is 2.21. The van der Waals surface area contributed by atoms with Crippen LogP contribution in [-0.4, -0.2) is 28.3 Å². The van der Waals surface area contributed by atoms with E-state index in [9.17, 15) is 0 Å². The molecule has 0 atom stereocenters. The van der Waals surface area contributed by atoms with E-state index >= 15 is 0 Å². The molecular weight excluding hydrogens is 276 g/mol. The number of nitrogens with one attached hydrogen (secondary N) is 1. The molecule has 2 aromatic heterocycles. The van der Waals surface area contributed by atoms with Crippen LogP contribution in [0.2, 0.25) is 0 Å². The molecule has 3 aromatic rings. The minimum atomic E-state index is 0.702. The fourth-order valence-corrected chi connectivity index (χ4v) is 2.52. The number of benzene rings is 1. The van der Waals surface area contributed by atoms with Crippen molar-refractivity contribution in [3.63, 3.8) is 0 Å². The van der Waals surface area contributed by atoms with Crippen LogP contribution in [0.4, 0.5) is 5.95 Å². The molecule has 5 heteroatoms. The maximum atomic E-state index is 5.21. The summed E-state index contributed by atoms with van der Waals surface area (Å²) in [5.41, 5.74) is 2.96. The molecule has 5 nitrogen and oxygen atoms in total. The lowest BCUT2D eigenvalue weighted by molar-refractivity contribution is 0.415. The second-order valence-corrected chi connectivity index (χ2v) is 5.67. The highest BCUT2D eigenvalue weighted by molar-refractivity contribution is 5.64. The Labute approximate surface area is 128 Å². The fraction of sp³-hybridized carbons (Fsp3) is 0.294. The van der Waals surface area contributed by atoms with Crippen LogP contribution in [0.5, 0.6) is 5.75 Å². The molecule has 0 amide bonds. The standard InChI is InChI=1S/C17H18N4O/c1-22-14-9-7-13(8-10-14)15-3-2-4-16-19-17(20-21(15)16)18-11-12-5-6-12/h2-4,7-10,12H,5-6,11H2,1H3,(H,18,20). The molecule has 0 saturated heterocycles. The van der Waals surface area contributed by atoms with Gasteiger partial charge >= 0.3 is 0 Å². The van der Waals surface area contributed by atoms with Gasteiger partial charge in [0.05, 0.1) is 12.8 Å². The molecule has 2 heterocycles. The van der Waals surface area contributed by atoms with E-state index in [2.05, 4.69) is 15.4 Å². The van der Waals surface area contributed by atoms with Gasteiger partial charge in [0.15, 0.2) is 5.65 Å². The predicted molar refractivity (Wildman–Crippen MR) is 86.2 cm³/mol. The number of hydrogen-bond donors (Lipinski definition) is 1. The molecule has 0 bridgehead atoms. The Morgan fingerprint density at radius 3 is 2.73 bits per heavy atom. The number of hydrogen-bond acceptors (Lipinski definition) is 4. The Morgan fingerprint density at radius 1 is 1.18 bits per heavy atom. The van der Waals surface area contributed by atoms with Gasteiger partial charge in [0.25, 0.3) is 0 Å². The quantitative estimate of drug-likeness (QED) is 0.785. The Morgan fingerprint density at radius 2 is 2.00 bits per heavy atom. The SMILES string of the molecule is COc1ccc(-c2cccc3nc(NCC4CC4)nn23)cc1. The molecule has 0 radical (unpaired) electrons. The van der Waals surface area contributed by atoms with Crippen LogP contribution in [-0.2, 0) is 0 Å². The van der Waals surface area contributed by atoms with Crippen LogP contribution in [0.1, 0.15) is 12.8 Å². The van der Waals surface area contributed by atoms with Crippen molar-refractivity contribution in [2.45, 2.75) is 12.8 Å². The van der Waals surface area contributed by atoms with Gasteiger partial charge in [-0.2, -0.15) is 4.98 Å². The monoisotopic (exact) mass is 294 g/mol. The summed E-state index contributed by atoms with van der Waals surface area (Å²) >= 11 is 0. The highest BCUT2D eigenvalue weighted by atomic mass is 16.5. The molecule has 0 aliphatic heterocycles. The number of anilines is 1. The second-order valence-electron chi connectivity index (χ2n) is 5.67. The van der Waals surface area contributed by atoms with E-state index in [0.717, 1.165) is 35.1 Å². The predicted octanol–water partition coefficient (Wildman–Crippen LogP) is 3.23. The minimum Gasteiger partial charge on any atom is -0.497 e. The highest BCUT2D eigenvalue weighted by Crippen LogP contribution is 2.29. The summed E-state index contributed by atoms with van der Waals surface area (Å²) in [6.07, 6.45) is 2.63. The molecule has 1 aromatic carbocycles. The molecule has 1 N–H and O–H groups in total. The Hall–Kier alpha value is -2.56. The summed E-state index contributed by atoms with van der Waals surface area (Å²) in [6, 6.07) is 14.0. The van der Waals surface area contributed by atoms with Gasteiger partial charge < -0.3 is 10.1 Å². The average molecular weight is 294 g/mol. The number of ether oxygens (including phenoxy) is 1. The largest absolute Gasteiger partial charge is 0.497 e. The van der Waals surface area contributed by atoms with E-state index in [1.165, 1.54) is 12.8 Å². The lowest BCUT2D eigenvalue weighted by Gasteiger charge is -2.05. The van der Waals surface area contributed by atoms with Gasteiger partial charge in [0.2, 0.25) is 5.95 Å². The number of methoxy groups -OCH3 is 1.